The summed E-state index contributed by atoms with van der Waals surface area (Å²) < 4.78 is 104. The summed E-state index contributed by atoms with van der Waals surface area (Å²) in [6, 6.07) is 1.15. The van der Waals surface area contributed by atoms with Crippen molar-refractivity contribution in [1.82, 2.24) is 19.4 Å². The molecule has 0 N–H and O–H groups in total. The van der Waals surface area contributed by atoms with Crippen molar-refractivity contribution < 1.29 is 34.8 Å². The second-order valence-electron chi connectivity index (χ2n) is 6.00. The van der Waals surface area contributed by atoms with Crippen LogP contribution in [0.3, 0.4) is 0 Å². The van der Waals surface area contributed by atoms with Crippen molar-refractivity contribution in [2.45, 2.75) is 31.1 Å². The SMILES string of the molecule is CCS(=O)(=O)c1cc(C(F)(F)F)cnc1-c1nc2nc(C(F)(F)F)ccn2c1C. The third-order valence-corrected chi connectivity index (χ3v) is 5.88. The number of imidazole rings is 1. The molecule has 156 valence electrons. The van der Waals surface area contributed by atoms with Crippen LogP contribution in [0.25, 0.3) is 17.2 Å². The number of fused-ring (bicyclic) bond motifs is 1. The Morgan fingerprint density at radius 2 is 1.69 bits per heavy atom. The predicted octanol–water partition coefficient (Wildman–Crippen LogP) is 3.93. The first-order valence-corrected chi connectivity index (χ1v) is 9.64. The maximum Gasteiger partial charge on any atom is 0.433 e. The van der Waals surface area contributed by atoms with Gasteiger partial charge < -0.3 is 0 Å². The van der Waals surface area contributed by atoms with Gasteiger partial charge in [0.2, 0.25) is 5.78 Å². The molecule has 0 bridgehead atoms. The van der Waals surface area contributed by atoms with Gasteiger partial charge in [-0.3, -0.25) is 9.38 Å². The molecule has 0 aliphatic rings. The van der Waals surface area contributed by atoms with Gasteiger partial charge in [0.25, 0.3) is 0 Å². The van der Waals surface area contributed by atoms with Gasteiger partial charge in [-0.25, -0.2) is 18.4 Å². The minimum atomic E-state index is -4.83. The Morgan fingerprint density at radius 3 is 2.24 bits per heavy atom. The maximum atomic E-state index is 13.0. The molecule has 6 nitrogen and oxygen atoms in total. The molecule has 0 radical (unpaired) electrons. The number of sulfone groups is 1. The van der Waals surface area contributed by atoms with Crippen LogP contribution in [-0.2, 0) is 22.2 Å². The van der Waals surface area contributed by atoms with Crippen molar-refractivity contribution in [3.05, 3.63) is 41.5 Å². The van der Waals surface area contributed by atoms with E-state index >= 15 is 0 Å². The molecule has 0 aliphatic heterocycles. The van der Waals surface area contributed by atoms with Gasteiger partial charge in [-0.2, -0.15) is 26.3 Å². The Bertz CT molecular complexity index is 1200. The fourth-order valence-corrected chi connectivity index (χ4v) is 3.66. The number of hydrogen-bond acceptors (Lipinski definition) is 5. The molecule has 0 amide bonds. The van der Waals surface area contributed by atoms with Crippen molar-refractivity contribution in [1.29, 1.82) is 0 Å². The summed E-state index contributed by atoms with van der Waals surface area (Å²) >= 11 is 0. The van der Waals surface area contributed by atoms with E-state index in [4.69, 9.17) is 0 Å². The molecule has 0 atom stereocenters. The average Bonchev–Trinajstić information content (AvgIpc) is 2.96. The predicted molar refractivity (Wildman–Crippen MR) is 88.7 cm³/mol. The molecule has 3 aromatic heterocycles. The Kier molecular flexibility index (Phi) is 4.84. The first-order valence-electron chi connectivity index (χ1n) is 7.99. The summed E-state index contributed by atoms with van der Waals surface area (Å²) in [7, 11) is -4.16. The number of rotatable bonds is 3. The van der Waals surface area contributed by atoms with Gasteiger partial charge in [-0.05, 0) is 19.1 Å². The number of aromatic nitrogens is 4. The van der Waals surface area contributed by atoms with Crippen LogP contribution in [0, 0.1) is 6.92 Å². The second kappa shape index (κ2) is 6.68. The van der Waals surface area contributed by atoms with Crippen LogP contribution in [0.1, 0.15) is 23.9 Å². The van der Waals surface area contributed by atoms with Gasteiger partial charge in [-0.1, -0.05) is 6.92 Å². The van der Waals surface area contributed by atoms with E-state index in [1.807, 2.05) is 0 Å². The number of halogens is 6. The monoisotopic (exact) mass is 438 g/mol. The van der Waals surface area contributed by atoms with E-state index in [2.05, 4.69) is 15.0 Å². The quantitative estimate of drug-likeness (QED) is 0.579. The minimum absolute atomic E-state index is 0.168. The van der Waals surface area contributed by atoms with Crippen molar-refractivity contribution in [2.24, 2.45) is 0 Å². The highest BCUT2D eigenvalue weighted by Gasteiger charge is 2.35. The van der Waals surface area contributed by atoms with Gasteiger partial charge in [0, 0.05) is 12.4 Å². The molecular formula is C16H12F6N4O2S. The zero-order chi connectivity index (χ0) is 21.8. The molecule has 3 heterocycles. The molecule has 0 spiro atoms. The molecule has 0 aliphatic carbocycles. The number of pyridine rings is 1. The van der Waals surface area contributed by atoms with Crippen LogP contribution < -0.4 is 0 Å². The average molecular weight is 438 g/mol. The number of hydrogen-bond donors (Lipinski definition) is 0. The summed E-state index contributed by atoms with van der Waals surface area (Å²) in [6.45, 7) is 2.65. The Morgan fingerprint density at radius 1 is 1.03 bits per heavy atom. The van der Waals surface area contributed by atoms with Crippen LogP contribution in [0.15, 0.2) is 29.4 Å². The number of aryl methyl sites for hydroxylation is 1. The summed E-state index contributed by atoms with van der Waals surface area (Å²) in [6.07, 6.45) is -8.08. The zero-order valence-electron chi connectivity index (χ0n) is 14.8. The van der Waals surface area contributed by atoms with Crippen LogP contribution in [0.4, 0.5) is 26.3 Å². The van der Waals surface area contributed by atoms with Gasteiger partial charge in [0.15, 0.2) is 9.84 Å². The summed E-state index contributed by atoms with van der Waals surface area (Å²) in [5.74, 6) is -0.903. The van der Waals surface area contributed by atoms with Crippen LogP contribution in [0.5, 0.6) is 0 Å². The lowest BCUT2D eigenvalue weighted by Gasteiger charge is -2.12. The number of alkyl halides is 6. The molecule has 3 rings (SSSR count). The zero-order valence-corrected chi connectivity index (χ0v) is 15.6. The van der Waals surface area contributed by atoms with Crippen molar-refractivity contribution in [3.8, 4) is 11.4 Å². The maximum absolute atomic E-state index is 13.0. The molecule has 0 aromatic carbocycles. The molecule has 29 heavy (non-hydrogen) atoms. The van der Waals surface area contributed by atoms with Crippen molar-refractivity contribution in [3.63, 3.8) is 0 Å². The second-order valence-corrected chi connectivity index (χ2v) is 8.24. The molecular weight excluding hydrogens is 426 g/mol. The molecule has 0 saturated heterocycles. The highest BCUT2D eigenvalue weighted by Crippen LogP contribution is 2.35. The lowest BCUT2D eigenvalue weighted by atomic mass is 10.2. The summed E-state index contributed by atoms with van der Waals surface area (Å²) in [4.78, 5) is 10.2. The fourth-order valence-electron chi connectivity index (χ4n) is 2.60. The smallest absolute Gasteiger partial charge is 0.288 e. The number of nitrogens with zero attached hydrogens (tertiary/aromatic N) is 4. The van der Waals surface area contributed by atoms with Gasteiger partial charge in [-0.15, -0.1) is 0 Å². The first kappa shape index (κ1) is 21.0. The Labute approximate surface area is 160 Å². The van der Waals surface area contributed by atoms with E-state index < -0.39 is 55.6 Å². The normalized spacial score (nSPS) is 13.2. The first-order chi connectivity index (χ1) is 13.3. The molecule has 0 saturated carbocycles. The summed E-state index contributed by atoms with van der Waals surface area (Å²) in [5.41, 5.74) is -2.90. The third-order valence-electron chi connectivity index (χ3n) is 4.14. The van der Waals surface area contributed by atoms with Gasteiger partial charge in [0.05, 0.1) is 21.9 Å². The van der Waals surface area contributed by atoms with E-state index in [0.717, 1.165) is 10.6 Å². The molecule has 0 unspecified atom stereocenters. The van der Waals surface area contributed by atoms with E-state index in [1.54, 1.807) is 0 Å². The molecule has 3 aromatic rings. The summed E-state index contributed by atoms with van der Waals surface area (Å²) in [5, 5.41) is 0. The van der Waals surface area contributed by atoms with E-state index in [0.29, 0.717) is 18.3 Å². The van der Waals surface area contributed by atoms with Gasteiger partial charge in [0.1, 0.15) is 17.1 Å². The van der Waals surface area contributed by atoms with Crippen molar-refractivity contribution in [2.75, 3.05) is 5.75 Å². The largest absolute Gasteiger partial charge is 0.433 e. The van der Waals surface area contributed by atoms with E-state index in [-0.39, 0.29) is 11.4 Å². The third kappa shape index (κ3) is 3.78. The molecule has 0 fully saturated rings. The molecule has 13 heteroatoms. The standard InChI is InChI=1S/C16H12F6N4O2S/c1-3-29(27,28)10-6-9(15(17,18)19)7-23-13(10)12-8(2)26-5-4-11(16(20,21)22)24-14(26)25-12/h4-7H,3H2,1-2H3. The topological polar surface area (TPSA) is 77.2 Å². The Balaban J connectivity index is 2.30. The fraction of sp³-hybridized carbons (Fsp3) is 0.312. The van der Waals surface area contributed by atoms with E-state index in [1.165, 1.54) is 13.8 Å². The highest BCUT2D eigenvalue weighted by molar-refractivity contribution is 7.91. The lowest BCUT2D eigenvalue weighted by molar-refractivity contribution is -0.141. The highest BCUT2D eigenvalue weighted by atomic mass is 32.2. The Hall–Kier alpha value is -2.70. The van der Waals surface area contributed by atoms with Crippen molar-refractivity contribution >= 4 is 15.6 Å². The minimum Gasteiger partial charge on any atom is -0.288 e. The van der Waals surface area contributed by atoms with Crippen LogP contribution in [-0.4, -0.2) is 33.5 Å². The van der Waals surface area contributed by atoms with Gasteiger partial charge >= 0.3 is 12.4 Å². The lowest BCUT2D eigenvalue weighted by Crippen LogP contribution is -2.12. The van der Waals surface area contributed by atoms with Crippen LogP contribution in [0.2, 0.25) is 0 Å². The van der Waals surface area contributed by atoms with E-state index in [9.17, 15) is 34.8 Å². The van der Waals surface area contributed by atoms with Crippen LogP contribution >= 0.6 is 0 Å².